The molecule has 0 amide bonds. The molecule has 4 aromatic heterocycles. The Morgan fingerprint density at radius 3 is 2.66 bits per heavy atom. The van der Waals surface area contributed by atoms with Gasteiger partial charge in [0, 0.05) is 48.9 Å². The summed E-state index contributed by atoms with van der Waals surface area (Å²) in [5.74, 6) is 2.35. The summed E-state index contributed by atoms with van der Waals surface area (Å²) in [5, 5.41) is 37.4. The van der Waals surface area contributed by atoms with Gasteiger partial charge in [0.05, 0.1) is 49.3 Å². The lowest BCUT2D eigenvalue weighted by atomic mass is 9.93. The lowest BCUT2D eigenvalue weighted by molar-refractivity contribution is 0.0783. The molecule has 0 aliphatic heterocycles. The zero-order valence-corrected chi connectivity index (χ0v) is 22.0. The smallest absolute Gasteiger partial charge is 0.161 e. The summed E-state index contributed by atoms with van der Waals surface area (Å²) in [7, 11) is 1.96. The third-order valence-corrected chi connectivity index (χ3v) is 7.53. The van der Waals surface area contributed by atoms with Crippen LogP contribution in [-0.2, 0) is 13.6 Å². The first kappa shape index (κ1) is 24.9. The van der Waals surface area contributed by atoms with Crippen molar-refractivity contribution in [1.82, 2.24) is 34.3 Å². The molecular formula is C27H36N8O3. The van der Waals surface area contributed by atoms with Crippen LogP contribution in [0.25, 0.3) is 22.2 Å². The Bertz CT molecular complexity index is 1400. The number of pyridine rings is 1. The number of nitrogens with zero attached hydrogens (tertiary/aromatic N) is 7. The first-order valence-electron chi connectivity index (χ1n) is 13.7. The zero-order valence-electron chi connectivity index (χ0n) is 22.0. The van der Waals surface area contributed by atoms with Crippen LogP contribution in [0.15, 0.2) is 30.9 Å². The fourth-order valence-electron chi connectivity index (χ4n) is 5.46. The molecule has 0 spiro atoms. The molecule has 11 nitrogen and oxygen atoms in total. The number of rotatable bonds is 10. The SMILES string of the molecule is CCNc1cc2c(cn1)c(-c1cnn(C[C@@H](O)CO)c1)nn2C1CCC(Oc2cn(C)nc2C2CC2)CC1. The van der Waals surface area contributed by atoms with Crippen molar-refractivity contribution in [1.29, 1.82) is 0 Å². The normalized spacial score (nSPS) is 20.6. The molecule has 38 heavy (non-hydrogen) atoms. The van der Waals surface area contributed by atoms with Crippen LogP contribution in [0.4, 0.5) is 5.82 Å². The number of fused-ring (bicyclic) bond motifs is 1. The highest BCUT2D eigenvalue weighted by Gasteiger charge is 2.32. The maximum absolute atomic E-state index is 9.82. The molecule has 4 aromatic rings. The third-order valence-electron chi connectivity index (χ3n) is 7.53. The van der Waals surface area contributed by atoms with Crippen molar-refractivity contribution >= 4 is 16.7 Å². The van der Waals surface area contributed by atoms with E-state index in [4.69, 9.17) is 9.84 Å². The van der Waals surface area contributed by atoms with Crippen LogP contribution >= 0.6 is 0 Å². The van der Waals surface area contributed by atoms with Gasteiger partial charge in [0.2, 0.25) is 0 Å². The number of aliphatic hydroxyl groups excluding tert-OH is 2. The molecule has 2 aliphatic carbocycles. The van der Waals surface area contributed by atoms with Gasteiger partial charge in [-0.05, 0) is 45.4 Å². The molecular weight excluding hydrogens is 484 g/mol. The second-order valence-electron chi connectivity index (χ2n) is 10.6. The van der Waals surface area contributed by atoms with Crippen LogP contribution in [0.5, 0.6) is 5.75 Å². The van der Waals surface area contributed by atoms with E-state index in [1.165, 1.54) is 12.8 Å². The van der Waals surface area contributed by atoms with Crippen molar-refractivity contribution in [2.45, 2.75) is 76.2 Å². The number of nitrogens with one attached hydrogen (secondary N) is 1. The molecule has 2 aliphatic rings. The maximum atomic E-state index is 9.82. The topological polar surface area (TPSA) is 128 Å². The molecule has 0 bridgehead atoms. The largest absolute Gasteiger partial charge is 0.487 e. The van der Waals surface area contributed by atoms with Gasteiger partial charge in [0.1, 0.15) is 17.2 Å². The summed E-state index contributed by atoms with van der Waals surface area (Å²) >= 11 is 0. The minimum absolute atomic E-state index is 0.185. The monoisotopic (exact) mass is 520 g/mol. The molecule has 0 unspecified atom stereocenters. The van der Waals surface area contributed by atoms with Crippen molar-refractivity contribution < 1.29 is 14.9 Å². The van der Waals surface area contributed by atoms with E-state index in [9.17, 15) is 10.2 Å². The van der Waals surface area contributed by atoms with Crippen LogP contribution in [0, 0.1) is 0 Å². The molecule has 202 valence electrons. The Morgan fingerprint density at radius 2 is 1.92 bits per heavy atom. The Kier molecular flexibility index (Phi) is 6.79. The first-order valence-corrected chi connectivity index (χ1v) is 13.7. The highest BCUT2D eigenvalue weighted by molar-refractivity contribution is 5.93. The molecule has 0 aromatic carbocycles. The van der Waals surface area contributed by atoms with Gasteiger partial charge in [-0.1, -0.05) is 0 Å². The molecule has 11 heteroatoms. The van der Waals surface area contributed by atoms with Gasteiger partial charge in [-0.2, -0.15) is 15.3 Å². The highest BCUT2D eigenvalue weighted by Crippen LogP contribution is 2.44. The van der Waals surface area contributed by atoms with E-state index in [1.807, 2.05) is 30.3 Å². The second kappa shape index (κ2) is 10.4. The Hall–Kier alpha value is -3.44. The molecule has 1 atom stereocenters. The molecule has 0 saturated heterocycles. The van der Waals surface area contributed by atoms with Gasteiger partial charge in [0.25, 0.3) is 0 Å². The summed E-state index contributed by atoms with van der Waals surface area (Å²) < 4.78 is 12.1. The Balaban J connectivity index is 1.24. The van der Waals surface area contributed by atoms with E-state index in [0.717, 1.165) is 71.6 Å². The van der Waals surface area contributed by atoms with E-state index in [1.54, 1.807) is 10.9 Å². The molecule has 0 radical (unpaired) electrons. The zero-order chi connectivity index (χ0) is 26.2. The number of ether oxygens (including phenoxy) is 1. The van der Waals surface area contributed by atoms with E-state index < -0.39 is 6.10 Å². The van der Waals surface area contributed by atoms with Gasteiger partial charge < -0.3 is 20.3 Å². The minimum atomic E-state index is -0.856. The van der Waals surface area contributed by atoms with E-state index in [-0.39, 0.29) is 25.3 Å². The average molecular weight is 521 g/mol. The van der Waals surface area contributed by atoms with E-state index >= 15 is 0 Å². The van der Waals surface area contributed by atoms with E-state index in [0.29, 0.717) is 5.92 Å². The highest BCUT2D eigenvalue weighted by atomic mass is 16.5. The fourth-order valence-corrected chi connectivity index (χ4v) is 5.46. The molecule has 4 heterocycles. The predicted molar refractivity (Wildman–Crippen MR) is 143 cm³/mol. The van der Waals surface area contributed by atoms with Crippen LogP contribution in [0.3, 0.4) is 0 Å². The standard InChI is InChI=1S/C27H36N8O3/c1-3-28-25-10-23-22(12-29-25)26(18-11-30-34(13-18)14-20(37)16-36)32-35(23)19-6-8-21(9-7-19)38-24-15-33(2)31-27(24)17-4-5-17/h10-13,15,17,19-21,36-37H,3-9,14,16H2,1-2H3,(H,28,29)/t19?,20-,21?/m1/s1. The second-order valence-corrected chi connectivity index (χ2v) is 10.6. The summed E-state index contributed by atoms with van der Waals surface area (Å²) in [5.41, 5.74) is 3.84. The molecule has 2 saturated carbocycles. The summed E-state index contributed by atoms with van der Waals surface area (Å²) in [6, 6.07) is 2.33. The van der Waals surface area contributed by atoms with Crippen molar-refractivity contribution in [3.05, 3.63) is 36.5 Å². The minimum Gasteiger partial charge on any atom is -0.487 e. The summed E-state index contributed by atoms with van der Waals surface area (Å²) in [6.07, 6.45) is 13.1. The lowest BCUT2D eigenvalue weighted by Gasteiger charge is -2.29. The number of anilines is 1. The van der Waals surface area contributed by atoms with Gasteiger partial charge in [-0.3, -0.25) is 14.0 Å². The maximum Gasteiger partial charge on any atom is 0.161 e. The van der Waals surface area contributed by atoms with Crippen LogP contribution < -0.4 is 10.1 Å². The average Bonchev–Trinajstić information content (AvgIpc) is 3.38. The number of aliphatic hydroxyl groups is 2. The quantitative estimate of drug-likeness (QED) is 0.291. The lowest BCUT2D eigenvalue weighted by Crippen LogP contribution is -2.26. The van der Waals surface area contributed by atoms with Crippen molar-refractivity contribution in [3.8, 4) is 17.0 Å². The van der Waals surface area contributed by atoms with Crippen molar-refractivity contribution in [3.63, 3.8) is 0 Å². The predicted octanol–water partition coefficient (Wildman–Crippen LogP) is 3.25. The molecule has 2 fully saturated rings. The fraction of sp³-hybridized carbons (Fsp3) is 0.556. The van der Waals surface area contributed by atoms with Gasteiger partial charge in [-0.15, -0.1) is 0 Å². The van der Waals surface area contributed by atoms with Gasteiger partial charge >= 0.3 is 0 Å². The number of aromatic nitrogens is 7. The number of hydrogen-bond acceptors (Lipinski definition) is 8. The van der Waals surface area contributed by atoms with Gasteiger partial charge in [-0.25, -0.2) is 4.98 Å². The van der Waals surface area contributed by atoms with Crippen LogP contribution in [-0.4, -0.2) is 69.9 Å². The summed E-state index contributed by atoms with van der Waals surface area (Å²) in [4.78, 5) is 4.61. The van der Waals surface area contributed by atoms with Crippen LogP contribution in [0.2, 0.25) is 0 Å². The van der Waals surface area contributed by atoms with E-state index in [2.05, 4.69) is 38.2 Å². The number of aryl methyl sites for hydroxylation is 1. The van der Waals surface area contributed by atoms with Gasteiger partial charge in [0.15, 0.2) is 5.75 Å². The third kappa shape index (κ3) is 5.00. The Morgan fingerprint density at radius 1 is 1.11 bits per heavy atom. The summed E-state index contributed by atoms with van der Waals surface area (Å²) in [6.45, 7) is 2.77. The van der Waals surface area contributed by atoms with Crippen molar-refractivity contribution in [2.75, 3.05) is 18.5 Å². The van der Waals surface area contributed by atoms with Crippen LogP contribution in [0.1, 0.15) is 63.1 Å². The Labute approximate surface area is 221 Å². The first-order chi connectivity index (χ1) is 18.5. The molecule has 6 rings (SSSR count). The van der Waals surface area contributed by atoms with Crippen molar-refractivity contribution in [2.24, 2.45) is 7.05 Å². The number of hydrogen-bond donors (Lipinski definition) is 3. The molecule has 3 N–H and O–H groups in total.